The molecule has 2 bridgehead atoms. The number of nitrogens with one attached hydrogen (secondary N) is 1. The van der Waals surface area contributed by atoms with Crippen molar-refractivity contribution < 1.29 is 23.1 Å². The first kappa shape index (κ1) is 29.0. The lowest BCUT2D eigenvalue weighted by Crippen LogP contribution is -2.54. The van der Waals surface area contributed by atoms with Crippen LogP contribution < -0.4 is 15.2 Å². The number of ether oxygens (including phenoxy) is 1. The van der Waals surface area contributed by atoms with Gasteiger partial charge in [-0.25, -0.2) is 22.9 Å². The third-order valence-corrected chi connectivity index (χ3v) is 9.56. The van der Waals surface area contributed by atoms with Crippen molar-refractivity contribution in [3.63, 3.8) is 0 Å². The predicted octanol–water partition coefficient (Wildman–Crippen LogP) is 5.35. The highest BCUT2D eigenvalue weighted by molar-refractivity contribution is 7.92. The number of aryl methyl sites for hydroxylation is 1. The molecule has 41 heavy (non-hydrogen) atoms. The number of benzene rings is 2. The normalized spacial score (nSPS) is 20.2. The summed E-state index contributed by atoms with van der Waals surface area (Å²) >= 11 is 0. The van der Waals surface area contributed by atoms with Gasteiger partial charge in [0.05, 0.1) is 16.2 Å². The number of nitrogens with two attached hydrogens (primary N) is 1. The van der Waals surface area contributed by atoms with Gasteiger partial charge in [-0.05, 0) is 92.5 Å². The van der Waals surface area contributed by atoms with E-state index in [4.69, 9.17) is 10.5 Å². The summed E-state index contributed by atoms with van der Waals surface area (Å²) < 4.78 is 35.3. The average Bonchev–Trinajstić information content (AvgIpc) is 2.85. The van der Waals surface area contributed by atoms with Gasteiger partial charge in [0.15, 0.2) is 0 Å². The molecular weight excluding hydrogens is 540 g/mol. The zero-order valence-electron chi connectivity index (χ0n) is 24.0. The number of hydrogen-bond donors (Lipinski definition) is 3. The molecule has 3 saturated carbocycles. The first-order chi connectivity index (χ1) is 19.4. The van der Waals surface area contributed by atoms with Crippen LogP contribution >= 0.6 is 0 Å². The Balaban J connectivity index is 1.52. The lowest BCUT2D eigenvalue weighted by atomic mass is 9.43. The summed E-state index contributed by atoms with van der Waals surface area (Å²) in [5.74, 6) is 0.143. The number of carboxylic acid groups (broad SMARTS) is 1. The van der Waals surface area contributed by atoms with Gasteiger partial charge in [0.2, 0.25) is 11.8 Å². The van der Waals surface area contributed by atoms with Crippen LogP contribution in [0.5, 0.6) is 5.88 Å². The minimum absolute atomic E-state index is 0.140. The van der Waals surface area contributed by atoms with E-state index < -0.39 is 16.0 Å². The van der Waals surface area contributed by atoms with E-state index in [2.05, 4.69) is 34.6 Å². The van der Waals surface area contributed by atoms with E-state index in [9.17, 15) is 18.3 Å². The Bertz CT molecular complexity index is 1570. The zero-order valence-corrected chi connectivity index (χ0v) is 24.8. The molecule has 4 N–H and O–H groups in total. The molecule has 3 aromatic rings. The van der Waals surface area contributed by atoms with Crippen molar-refractivity contribution in [2.24, 2.45) is 23.0 Å². The smallest absolute Gasteiger partial charge is 0.335 e. The fourth-order valence-corrected chi connectivity index (χ4v) is 7.28. The lowest BCUT2D eigenvalue weighted by Gasteiger charge is -2.63. The molecule has 0 amide bonds. The van der Waals surface area contributed by atoms with Crippen molar-refractivity contribution >= 4 is 21.9 Å². The highest BCUT2D eigenvalue weighted by Gasteiger charge is 2.56. The van der Waals surface area contributed by atoms with Gasteiger partial charge in [-0.15, -0.1) is 0 Å². The van der Waals surface area contributed by atoms with E-state index in [1.54, 1.807) is 0 Å². The molecule has 1 heterocycles. The number of nitrogens with zero attached hydrogens (tertiary/aromatic N) is 2. The molecule has 9 nitrogen and oxygen atoms in total. The van der Waals surface area contributed by atoms with Crippen molar-refractivity contribution in [3.05, 3.63) is 64.7 Å². The number of aromatic nitrogens is 2. The van der Waals surface area contributed by atoms with E-state index in [-0.39, 0.29) is 34.9 Å². The van der Waals surface area contributed by atoms with E-state index in [1.165, 1.54) is 37.5 Å². The summed E-state index contributed by atoms with van der Waals surface area (Å²) in [6, 6.07) is 11.0. The molecule has 6 rings (SSSR count). The van der Waals surface area contributed by atoms with Crippen LogP contribution in [0.1, 0.15) is 66.6 Å². The van der Waals surface area contributed by atoms with Crippen molar-refractivity contribution in [1.29, 1.82) is 0 Å². The molecule has 0 radical (unpaired) electrons. The largest absolute Gasteiger partial charge is 0.478 e. The Labute approximate surface area is 241 Å². The van der Waals surface area contributed by atoms with Crippen LogP contribution in [0.15, 0.2) is 47.4 Å². The number of rotatable bonds is 12. The fraction of sp³-hybridized carbons (Fsp3) is 0.452. The van der Waals surface area contributed by atoms with Crippen molar-refractivity contribution in [3.8, 4) is 17.1 Å². The van der Waals surface area contributed by atoms with Gasteiger partial charge in [-0.1, -0.05) is 38.1 Å². The predicted molar refractivity (Wildman–Crippen MR) is 158 cm³/mol. The van der Waals surface area contributed by atoms with Gasteiger partial charge in [0.1, 0.15) is 6.61 Å². The quantitative estimate of drug-likeness (QED) is 0.261. The molecule has 2 aromatic carbocycles. The minimum Gasteiger partial charge on any atom is -0.478 e. The molecule has 1 aromatic heterocycles. The third kappa shape index (κ3) is 6.08. The van der Waals surface area contributed by atoms with Gasteiger partial charge in [-0.3, -0.25) is 0 Å². The average molecular weight is 579 g/mol. The van der Waals surface area contributed by atoms with Gasteiger partial charge in [-0.2, -0.15) is 4.98 Å². The van der Waals surface area contributed by atoms with Gasteiger partial charge >= 0.3 is 5.97 Å². The van der Waals surface area contributed by atoms with Gasteiger partial charge < -0.3 is 15.6 Å². The lowest BCUT2D eigenvalue weighted by molar-refractivity contribution is -0.117. The highest BCUT2D eigenvalue weighted by Crippen LogP contribution is 2.66. The number of hydrogen-bond acceptors (Lipinski definition) is 7. The Kier molecular flexibility index (Phi) is 7.82. The van der Waals surface area contributed by atoms with Crippen LogP contribution in [0.25, 0.3) is 11.3 Å². The number of aromatic carboxylic acids is 1. The number of carbonyl (C=O) groups is 1. The molecule has 1 atom stereocenters. The van der Waals surface area contributed by atoms with Crippen LogP contribution in [-0.4, -0.2) is 42.1 Å². The maximum absolute atomic E-state index is 13.3. The summed E-state index contributed by atoms with van der Waals surface area (Å²) in [4.78, 5) is 20.4. The van der Waals surface area contributed by atoms with Crippen LogP contribution in [0.3, 0.4) is 0 Å². The van der Waals surface area contributed by atoms with Crippen LogP contribution in [0.2, 0.25) is 0 Å². The molecule has 3 aliphatic carbocycles. The summed E-state index contributed by atoms with van der Waals surface area (Å²) in [6.07, 6.45) is 5.46. The maximum Gasteiger partial charge on any atom is 0.335 e. The minimum atomic E-state index is -4.20. The van der Waals surface area contributed by atoms with Crippen LogP contribution in [0, 0.1) is 31.1 Å². The molecule has 3 aliphatic rings. The number of sulfonamides is 1. The molecule has 0 aliphatic heterocycles. The Morgan fingerprint density at radius 2 is 1.85 bits per heavy atom. The first-order valence-electron chi connectivity index (χ1n) is 14.1. The van der Waals surface area contributed by atoms with E-state index in [1.807, 2.05) is 26.0 Å². The van der Waals surface area contributed by atoms with E-state index in [0.717, 1.165) is 41.5 Å². The first-order valence-corrected chi connectivity index (χ1v) is 15.6. The van der Waals surface area contributed by atoms with Crippen LogP contribution in [0.4, 0.5) is 5.95 Å². The molecule has 3 fully saturated rings. The maximum atomic E-state index is 13.3. The number of carboxylic acids is 1. The molecule has 218 valence electrons. The molecule has 0 spiro atoms. The Morgan fingerprint density at radius 3 is 2.49 bits per heavy atom. The summed E-state index contributed by atoms with van der Waals surface area (Å²) in [7, 11) is -4.20. The summed E-state index contributed by atoms with van der Waals surface area (Å²) in [6.45, 7) is 8.42. The topological polar surface area (TPSA) is 144 Å². The zero-order chi connectivity index (χ0) is 29.5. The summed E-state index contributed by atoms with van der Waals surface area (Å²) in [5, 5.41) is 9.34. The van der Waals surface area contributed by atoms with E-state index >= 15 is 0 Å². The van der Waals surface area contributed by atoms with Crippen molar-refractivity contribution in [2.45, 2.75) is 70.7 Å². The standard InChI is InChI=1S/C31H38N4O5S/c1-18(2)11-22-8-5-7-19(3)26(22)27-20(4)28(40-17-24(32)16-31-13-21(14-31)15-31)34-30(33-27)35-41(38,39)25-10-6-9-23(12-25)29(36)37/h5-10,12,18,21,24H,11,13-17,32H2,1-4H3,(H,36,37)(H,33,34,35)/t21?,24-,31?/m1/s1. The second kappa shape index (κ2) is 11.1. The van der Waals surface area contributed by atoms with Crippen LogP contribution in [-0.2, 0) is 16.4 Å². The van der Waals surface area contributed by atoms with Gasteiger partial charge in [0, 0.05) is 17.2 Å². The monoisotopic (exact) mass is 578 g/mol. The van der Waals surface area contributed by atoms with Crippen molar-refractivity contribution in [1.82, 2.24) is 9.97 Å². The molecule has 0 unspecified atom stereocenters. The Hall–Kier alpha value is -3.50. The number of anilines is 1. The molecular formula is C31H38N4O5S. The Morgan fingerprint density at radius 1 is 1.15 bits per heavy atom. The van der Waals surface area contributed by atoms with Gasteiger partial charge in [0.25, 0.3) is 10.0 Å². The van der Waals surface area contributed by atoms with E-state index in [0.29, 0.717) is 22.6 Å². The third-order valence-electron chi connectivity index (χ3n) is 8.24. The second-order valence-electron chi connectivity index (χ2n) is 12.2. The second-order valence-corrected chi connectivity index (χ2v) is 13.9. The molecule has 10 heteroatoms. The SMILES string of the molecule is Cc1cccc(CC(C)C)c1-c1nc(NS(=O)(=O)c2cccc(C(=O)O)c2)nc(OC[C@H](N)CC23CC(C2)C3)c1C. The fourth-order valence-electron chi connectivity index (χ4n) is 6.29. The van der Waals surface area contributed by atoms with Crippen molar-refractivity contribution in [2.75, 3.05) is 11.3 Å². The summed E-state index contributed by atoms with van der Waals surface area (Å²) in [5.41, 5.74) is 11.0. The molecule has 0 saturated heterocycles. The highest BCUT2D eigenvalue weighted by atomic mass is 32.2.